The van der Waals surface area contributed by atoms with Crippen molar-refractivity contribution < 1.29 is 14.3 Å². The molecule has 5 nitrogen and oxygen atoms in total. The fraction of sp³-hybridized carbons (Fsp3) is 0.400. The predicted molar refractivity (Wildman–Crippen MR) is 73.3 cm³/mol. The molecule has 0 bridgehead atoms. The van der Waals surface area contributed by atoms with Crippen molar-refractivity contribution in [1.29, 1.82) is 5.26 Å². The van der Waals surface area contributed by atoms with Crippen LogP contribution in [0, 0.1) is 11.3 Å². The number of hydrogen-bond donors (Lipinski definition) is 0. The molecule has 0 atom stereocenters. The third-order valence-corrected chi connectivity index (χ3v) is 2.68. The van der Waals surface area contributed by atoms with Gasteiger partial charge in [-0.15, -0.1) is 0 Å². The molecule has 5 heteroatoms. The molecule has 0 N–H and O–H groups in total. The molecule has 0 aliphatic heterocycles. The number of rotatable bonds is 7. The quantitative estimate of drug-likeness (QED) is 0.562. The Morgan fingerprint density at radius 2 is 1.95 bits per heavy atom. The maximum atomic E-state index is 12.0. The monoisotopic (exact) mass is 274 g/mol. The molecule has 1 amide bonds. The first-order valence-corrected chi connectivity index (χ1v) is 6.51. The highest BCUT2D eigenvalue weighted by Gasteiger charge is 2.15. The summed E-state index contributed by atoms with van der Waals surface area (Å²) in [6, 6.07) is 11.4. The SMILES string of the molecule is CCOC(=O)CCC(=O)N(CC#N)Cc1ccccc1. The Bertz CT molecular complexity index is 480. The van der Waals surface area contributed by atoms with E-state index in [1.807, 2.05) is 36.4 Å². The minimum absolute atomic E-state index is 0.0105. The van der Waals surface area contributed by atoms with E-state index < -0.39 is 5.97 Å². The van der Waals surface area contributed by atoms with Crippen LogP contribution in [0.4, 0.5) is 0 Å². The molecular formula is C15H18N2O3. The van der Waals surface area contributed by atoms with Crippen molar-refractivity contribution >= 4 is 11.9 Å². The summed E-state index contributed by atoms with van der Waals surface area (Å²) >= 11 is 0. The van der Waals surface area contributed by atoms with Gasteiger partial charge in [-0.05, 0) is 12.5 Å². The Labute approximate surface area is 118 Å². The van der Waals surface area contributed by atoms with Gasteiger partial charge in [0.05, 0.1) is 19.1 Å². The van der Waals surface area contributed by atoms with E-state index in [4.69, 9.17) is 10.00 Å². The number of amides is 1. The molecule has 0 aliphatic rings. The lowest BCUT2D eigenvalue weighted by molar-refractivity contribution is -0.145. The second-order valence-corrected chi connectivity index (χ2v) is 4.20. The van der Waals surface area contributed by atoms with Crippen LogP contribution in [0.3, 0.4) is 0 Å². The Morgan fingerprint density at radius 1 is 1.25 bits per heavy atom. The Morgan fingerprint density at radius 3 is 2.55 bits per heavy atom. The van der Waals surface area contributed by atoms with E-state index in [0.29, 0.717) is 13.2 Å². The summed E-state index contributed by atoms with van der Waals surface area (Å²) in [5.41, 5.74) is 0.951. The number of carbonyl (C=O) groups is 2. The Kier molecular flexibility index (Phi) is 6.83. The molecule has 0 spiro atoms. The maximum absolute atomic E-state index is 12.0. The van der Waals surface area contributed by atoms with E-state index in [0.717, 1.165) is 5.56 Å². The van der Waals surface area contributed by atoms with Crippen LogP contribution in [0.5, 0.6) is 0 Å². The minimum atomic E-state index is -0.391. The first-order chi connectivity index (χ1) is 9.67. The van der Waals surface area contributed by atoms with Gasteiger partial charge in [0.15, 0.2) is 0 Å². The van der Waals surface area contributed by atoms with Crippen molar-refractivity contribution in [2.45, 2.75) is 26.3 Å². The molecule has 0 radical (unpaired) electrons. The topological polar surface area (TPSA) is 70.4 Å². The highest BCUT2D eigenvalue weighted by molar-refractivity contribution is 5.81. The summed E-state index contributed by atoms with van der Waals surface area (Å²) < 4.78 is 4.78. The lowest BCUT2D eigenvalue weighted by atomic mass is 10.2. The third-order valence-electron chi connectivity index (χ3n) is 2.68. The summed E-state index contributed by atoms with van der Waals surface area (Å²) in [5.74, 6) is -0.610. The van der Waals surface area contributed by atoms with Gasteiger partial charge in [0, 0.05) is 13.0 Å². The largest absolute Gasteiger partial charge is 0.466 e. The fourth-order valence-electron chi connectivity index (χ4n) is 1.72. The molecular weight excluding hydrogens is 256 g/mol. The van der Waals surface area contributed by atoms with Crippen LogP contribution in [0.15, 0.2) is 30.3 Å². The van der Waals surface area contributed by atoms with Crippen LogP contribution >= 0.6 is 0 Å². The Hall–Kier alpha value is -2.35. The second-order valence-electron chi connectivity index (χ2n) is 4.20. The average molecular weight is 274 g/mol. The van der Waals surface area contributed by atoms with Gasteiger partial charge in [-0.2, -0.15) is 5.26 Å². The molecule has 0 saturated heterocycles. The smallest absolute Gasteiger partial charge is 0.306 e. The van der Waals surface area contributed by atoms with Crippen molar-refractivity contribution in [2.24, 2.45) is 0 Å². The number of ether oxygens (including phenoxy) is 1. The van der Waals surface area contributed by atoms with E-state index in [2.05, 4.69) is 0 Å². The zero-order chi connectivity index (χ0) is 14.8. The number of esters is 1. The van der Waals surface area contributed by atoms with Gasteiger partial charge in [-0.25, -0.2) is 0 Å². The maximum Gasteiger partial charge on any atom is 0.306 e. The number of benzene rings is 1. The molecule has 0 fully saturated rings. The van der Waals surface area contributed by atoms with E-state index in [1.54, 1.807) is 6.92 Å². The second kappa shape index (κ2) is 8.70. The molecule has 1 aromatic carbocycles. The summed E-state index contributed by atoms with van der Waals surface area (Å²) in [6.07, 6.45) is 0.108. The van der Waals surface area contributed by atoms with Crippen LogP contribution in [0.25, 0.3) is 0 Å². The molecule has 0 aliphatic carbocycles. The zero-order valence-electron chi connectivity index (χ0n) is 11.5. The third kappa shape index (κ3) is 5.53. The van der Waals surface area contributed by atoms with Gasteiger partial charge in [0.25, 0.3) is 0 Å². The van der Waals surface area contributed by atoms with E-state index >= 15 is 0 Å². The molecule has 1 rings (SSSR count). The number of nitriles is 1. The zero-order valence-corrected chi connectivity index (χ0v) is 11.5. The summed E-state index contributed by atoms with van der Waals surface area (Å²) in [4.78, 5) is 24.7. The average Bonchev–Trinajstić information content (AvgIpc) is 2.46. The first kappa shape index (κ1) is 15.7. The summed E-state index contributed by atoms with van der Waals surface area (Å²) in [7, 11) is 0. The highest BCUT2D eigenvalue weighted by Crippen LogP contribution is 2.07. The van der Waals surface area contributed by atoms with Crippen LogP contribution in [-0.2, 0) is 20.9 Å². The minimum Gasteiger partial charge on any atom is -0.466 e. The Balaban J connectivity index is 2.55. The van der Waals surface area contributed by atoms with Crippen molar-refractivity contribution in [3.63, 3.8) is 0 Å². The predicted octanol–water partition coefficient (Wildman–Crippen LogP) is 1.88. The fourth-order valence-corrected chi connectivity index (χ4v) is 1.72. The molecule has 0 saturated carbocycles. The van der Waals surface area contributed by atoms with Gasteiger partial charge >= 0.3 is 5.97 Å². The van der Waals surface area contributed by atoms with Crippen molar-refractivity contribution in [2.75, 3.05) is 13.2 Å². The standard InChI is InChI=1S/C15H18N2O3/c1-2-20-15(19)9-8-14(18)17(11-10-16)12-13-6-4-3-5-7-13/h3-7H,2,8-9,11-12H2,1H3. The van der Waals surface area contributed by atoms with Gasteiger partial charge in [0.2, 0.25) is 5.91 Å². The lowest BCUT2D eigenvalue weighted by Crippen LogP contribution is -2.31. The van der Waals surface area contributed by atoms with E-state index in [1.165, 1.54) is 4.90 Å². The van der Waals surface area contributed by atoms with Gasteiger partial charge < -0.3 is 9.64 Å². The van der Waals surface area contributed by atoms with Crippen molar-refractivity contribution in [1.82, 2.24) is 4.90 Å². The highest BCUT2D eigenvalue weighted by atomic mass is 16.5. The van der Waals surface area contributed by atoms with Crippen LogP contribution < -0.4 is 0 Å². The lowest BCUT2D eigenvalue weighted by Gasteiger charge is -2.19. The van der Waals surface area contributed by atoms with Crippen LogP contribution in [0.2, 0.25) is 0 Å². The van der Waals surface area contributed by atoms with Gasteiger partial charge in [0.1, 0.15) is 6.54 Å². The molecule has 1 aromatic rings. The normalized spacial score (nSPS) is 9.60. The van der Waals surface area contributed by atoms with Crippen molar-refractivity contribution in [3.05, 3.63) is 35.9 Å². The van der Waals surface area contributed by atoms with E-state index in [-0.39, 0.29) is 25.3 Å². The van der Waals surface area contributed by atoms with Gasteiger partial charge in [-0.1, -0.05) is 30.3 Å². The number of nitrogens with zero attached hydrogens (tertiary/aromatic N) is 2. The number of carbonyl (C=O) groups excluding carboxylic acids is 2. The van der Waals surface area contributed by atoms with E-state index in [9.17, 15) is 9.59 Å². The number of hydrogen-bond acceptors (Lipinski definition) is 4. The van der Waals surface area contributed by atoms with Crippen LogP contribution in [0.1, 0.15) is 25.3 Å². The first-order valence-electron chi connectivity index (χ1n) is 6.51. The molecule has 0 unspecified atom stereocenters. The van der Waals surface area contributed by atoms with Crippen molar-refractivity contribution in [3.8, 4) is 6.07 Å². The molecule has 106 valence electrons. The van der Waals surface area contributed by atoms with Gasteiger partial charge in [-0.3, -0.25) is 9.59 Å². The molecule has 0 aromatic heterocycles. The summed E-state index contributed by atoms with van der Waals surface area (Å²) in [6.45, 7) is 2.41. The molecule has 0 heterocycles. The van der Waals surface area contributed by atoms with Crippen LogP contribution in [-0.4, -0.2) is 29.9 Å². The summed E-state index contributed by atoms with van der Waals surface area (Å²) in [5, 5.41) is 8.79. The molecule has 20 heavy (non-hydrogen) atoms.